The summed E-state index contributed by atoms with van der Waals surface area (Å²) < 4.78 is 0.998. The summed E-state index contributed by atoms with van der Waals surface area (Å²) in [5, 5.41) is 0. The number of anilines is 2. The molecule has 0 N–H and O–H groups in total. The molecule has 102 valence electrons. The number of benzene rings is 2. The van der Waals surface area contributed by atoms with Gasteiger partial charge in [0.15, 0.2) is 6.29 Å². The highest BCUT2D eigenvalue weighted by Gasteiger charge is 2.20. The maximum Gasteiger partial charge on any atom is 0.152 e. The molecule has 0 saturated heterocycles. The molecule has 3 rings (SSSR count). The van der Waals surface area contributed by atoms with Crippen molar-refractivity contribution in [2.24, 2.45) is 0 Å². The van der Waals surface area contributed by atoms with Gasteiger partial charge in [0, 0.05) is 22.3 Å². The third kappa shape index (κ3) is 2.38. The Labute approximate surface area is 127 Å². The van der Waals surface area contributed by atoms with Gasteiger partial charge in [-0.05, 0) is 49.6 Å². The molecule has 2 aromatic rings. The van der Waals surface area contributed by atoms with Crippen LogP contribution in [0.2, 0.25) is 0 Å². The first-order valence-corrected chi connectivity index (χ1v) is 7.60. The van der Waals surface area contributed by atoms with Gasteiger partial charge >= 0.3 is 0 Å². The molecule has 2 aromatic carbocycles. The minimum Gasteiger partial charge on any atom is -0.341 e. The van der Waals surface area contributed by atoms with Gasteiger partial charge < -0.3 is 4.90 Å². The van der Waals surface area contributed by atoms with Crippen LogP contribution in [0.15, 0.2) is 40.9 Å². The van der Waals surface area contributed by atoms with E-state index >= 15 is 0 Å². The number of hydrogen-bond donors (Lipinski definition) is 0. The fraction of sp³-hybridized carbons (Fsp3) is 0.235. The van der Waals surface area contributed by atoms with Crippen LogP contribution in [-0.2, 0) is 6.42 Å². The van der Waals surface area contributed by atoms with Crippen LogP contribution in [0.25, 0.3) is 0 Å². The van der Waals surface area contributed by atoms with E-state index in [4.69, 9.17) is 0 Å². The number of carbonyl (C=O) groups is 1. The van der Waals surface area contributed by atoms with E-state index in [1.165, 1.54) is 16.8 Å². The number of aldehydes is 1. The van der Waals surface area contributed by atoms with Crippen LogP contribution in [0.4, 0.5) is 11.4 Å². The van der Waals surface area contributed by atoms with Crippen molar-refractivity contribution in [3.05, 3.63) is 57.6 Å². The van der Waals surface area contributed by atoms with Gasteiger partial charge in [0.2, 0.25) is 0 Å². The Hall–Kier alpha value is -1.61. The van der Waals surface area contributed by atoms with Gasteiger partial charge in [-0.1, -0.05) is 33.6 Å². The summed E-state index contributed by atoms with van der Waals surface area (Å²) in [5.41, 5.74) is 5.60. The van der Waals surface area contributed by atoms with E-state index in [-0.39, 0.29) is 0 Å². The molecule has 0 aromatic heterocycles. The molecule has 2 nitrogen and oxygen atoms in total. The van der Waals surface area contributed by atoms with E-state index in [9.17, 15) is 4.79 Å². The molecule has 0 fully saturated rings. The quantitative estimate of drug-likeness (QED) is 0.747. The zero-order valence-corrected chi connectivity index (χ0v) is 13.0. The van der Waals surface area contributed by atoms with Crippen LogP contribution >= 0.6 is 15.9 Å². The number of hydrogen-bond acceptors (Lipinski definition) is 2. The summed E-state index contributed by atoms with van der Waals surface area (Å²) >= 11 is 3.50. The second-order valence-corrected chi connectivity index (χ2v) is 6.12. The van der Waals surface area contributed by atoms with Gasteiger partial charge in [-0.2, -0.15) is 0 Å². The molecule has 0 saturated carbocycles. The predicted molar refractivity (Wildman–Crippen MR) is 86.0 cm³/mol. The summed E-state index contributed by atoms with van der Waals surface area (Å²) in [6.07, 6.45) is 3.16. The standard InChI is InChI=1S/C17H16BrNO/c1-12-4-7-16-13(9-12)3-2-8-19(16)17-10-15(18)6-5-14(17)11-20/h4-7,9-11H,2-3,8H2,1H3. The fourth-order valence-corrected chi connectivity index (χ4v) is 3.18. The summed E-state index contributed by atoms with van der Waals surface area (Å²) in [6.45, 7) is 3.07. The Balaban J connectivity index is 2.13. The number of rotatable bonds is 2. The third-order valence-electron chi connectivity index (χ3n) is 3.76. The first-order valence-electron chi connectivity index (χ1n) is 6.81. The number of nitrogens with zero attached hydrogens (tertiary/aromatic N) is 1. The molecule has 0 radical (unpaired) electrons. The molecule has 0 amide bonds. The first kappa shape index (κ1) is 13.4. The van der Waals surface area contributed by atoms with Gasteiger partial charge in [0.25, 0.3) is 0 Å². The Morgan fingerprint density at radius 2 is 2.00 bits per heavy atom. The second-order valence-electron chi connectivity index (χ2n) is 5.21. The predicted octanol–water partition coefficient (Wildman–Crippen LogP) is 4.65. The number of aryl methyl sites for hydroxylation is 2. The highest BCUT2D eigenvalue weighted by molar-refractivity contribution is 9.10. The maximum absolute atomic E-state index is 11.3. The van der Waals surface area contributed by atoms with Crippen LogP contribution < -0.4 is 4.90 Å². The SMILES string of the molecule is Cc1ccc2c(c1)CCCN2c1cc(Br)ccc1C=O. The van der Waals surface area contributed by atoms with E-state index in [0.717, 1.165) is 41.4 Å². The van der Waals surface area contributed by atoms with Crippen molar-refractivity contribution in [3.63, 3.8) is 0 Å². The third-order valence-corrected chi connectivity index (χ3v) is 4.26. The van der Waals surface area contributed by atoms with E-state index in [0.29, 0.717) is 0 Å². The van der Waals surface area contributed by atoms with Crippen LogP contribution in [-0.4, -0.2) is 12.8 Å². The van der Waals surface area contributed by atoms with Crippen LogP contribution in [0.1, 0.15) is 27.9 Å². The molecular formula is C17H16BrNO. The molecule has 1 heterocycles. The lowest BCUT2D eigenvalue weighted by atomic mass is 9.98. The monoisotopic (exact) mass is 329 g/mol. The maximum atomic E-state index is 11.3. The molecular weight excluding hydrogens is 314 g/mol. The van der Waals surface area contributed by atoms with E-state index in [1.807, 2.05) is 18.2 Å². The lowest BCUT2D eigenvalue weighted by Gasteiger charge is -2.32. The Morgan fingerprint density at radius 1 is 1.15 bits per heavy atom. The summed E-state index contributed by atoms with van der Waals surface area (Å²) in [4.78, 5) is 13.6. The minimum absolute atomic E-state index is 0.738. The van der Waals surface area contributed by atoms with Crippen molar-refractivity contribution in [2.45, 2.75) is 19.8 Å². The summed E-state index contributed by atoms with van der Waals surface area (Å²) in [7, 11) is 0. The molecule has 1 aliphatic rings. The van der Waals surface area contributed by atoms with Gasteiger partial charge in [0.05, 0.1) is 5.69 Å². The van der Waals surface area contributed by atoms with Crippen LogP contribution in [0, 0.1) is 6.92 Å². The van der Waals surface area contributed by atoms with Crippen molar-refractivity contribution >= 4 is 33.6 Å². The molecule has 0 atom stereocenters. The van der Waals surface area contributed by atoms with E-state index < -0.39 is 0 Å². The lowest BCUT2D eigenvalue weighted by Crippen LogP contribution is -2.25. The Morgan fingerprint density at radius 3 is 2.80 bits per heavy atom. The van der Waals surface area contributed by atoms with Gasteiger partial charge in [-0.15, -0.1) is 0 Å². The molecule has 0 aliphatic carbocycles. The fourth-order valence-electron chi connectivity index (χ4n) is 2.83. The van der Waals surface area contributed by atoms with Crippen molar-refractivity contribution in [3.8, 4) is 0 Å². The Kier molecular flexibility index (Phi) is 3.62. The molecule has 20 heavy (non-hydrogen) atoms. The first-order chi connectivity index (χ1) is 9.69. The largest absolute Gasteiger partial charge is 0.341 e. The van der Waals surface area contributed by atoms with Crippen molar-refractivity contribution < 1.29 is 4.79 Å². The van der Waals surface area contributed by atoms with Crippen LogP contribution in [0.5, 0.6) is 0 Å². The highest BCUT2D eigenvalue weighted by Crippen LogP contribution is 2.36. The smallest absolute Gasteiger partial charge is 0.152 e. The van der Waals surface area contributed by atoms with Crippen molar-refractivity contribution in [1.29, 1.82) is 0 Å². The molecule has 1 aliphatic heterocycles. The summed E-state index contributed by atoms with van der Waals surface area (Å²) in [5.74, 6) is 0. The topological polar surface area (TPSA) is 20.3 Å². The van der Waals surface area contributed by atoms with Gasteiger partial charge in [0.1, 0.15) is 0 Å². The van der Waals surface area contributed by atoms with Crippen LogP contribution in [0.3, 0.4) is 0 Å². The number of carbonyl (C=O) groups excluding carboxylic acids is 1. The van der Waals surface area contributed by atoms with E-state index in [2.05, 4.69) is 46.0 Å². The molecule has 3 heteroatoms. The van der Waals surface area contributed by atoms with Gasteiger partial charge in [-0.3, -0.25) is 4.79 Å². The number of halogens is 1. The highest BCUT2D eigenvalue weighted by atomic mass is 79.9. The average molecular weight is 330 g/mol. The summed E-state index contributed by atoms with van der Waals surface area (Å²) in [6, 6.07) is 12.4. The van der Waals surface area contributed by atoms with Crippen molar-refractivity contribution in [2.75, 3.05) is 11.4 Å². The van der Waals surface area contributed by atoms with Crippen molar-refractivity contribution in [1.82, 2.24) is 0 Å². The normalized spacial score (nSPS) is 14.0. The lowest BCUT2D eigenvalue weighted by molar-refractivity contribution is 0.112. The van der Waals surface area contributed by atoms with Gasteiger partial charge in [-0.25, -0.2) is 0 Å². The van der Waals surface area contributed by atoms with E-state index in [1.54, 1.807) is 0 Å². The zero-order chi connectivity index (χ0) is 14.1. The average Bonchev–Trinajstić information content (AvgIpc) is 2.46. The second kappa shape index (κ2) is 5.41. The molecule has 0 bridgehead atoms. The minimum atomic E-state index is 0.738. The zero-order valence-electron chi connectivity index (χ0n) is 11.4. The number of fused-ring (bicyclic) bond motifs is 1. The molecule has 0 unspecified atom stereocenters. The Bertz CT molecular complexity index is 666. The molecule has 0 spiro atoms.